The first-order valence-corrected chi connectivity index (χ1v) is 10.5. The Morgan fingerprint density at radius 2 is 0.400 bits per heavy atom. The minimum atomic E-state index is -2.95. The van der Waals surface area contributed by atoms with Gasteiger partial charge in [0.2, 0.25) is 0 Å². The van der Waals surface area contributed by atoms with E-state index in [1.807, 2.05) is 0 Å². The van der Waals surface area contributed by atoms with Crippen molar-refractivity contribution < 1.29 is 87.3 Å². The standard InChI is InChI=1S/2Cr.3H2O4S2/c;;3*1-5(2)6(3)4/h;;3*(H,1,2)(H,3,4)/q2*+3;;;/p-6. The van der Waals surface area contributed by atoms with E-state index in [1.54, 1.807) is 0 Å². The molecular weight excluding hydrogens is 488 g/mol. The fourth-order valence-corrected chi connectivity index (χ4v) is 0. The summed E-state index contributed by atoms with van der Waals surface area (Å²) in [4.78, 5) is 0. The summed E-state index contributed by atoms with van der Waals surface area (Å²) in [5.41, 5.74) is 0. The Kier molecular flexibility index (Phi) is 34.6. The molecule has 0 spiro atoms. The normalized spacial score (nSPS) is 17.7. The van der Waals surface area contributed by atoms with Crippen LogP contribution in [-0.4, -0.2) is 52.6 Å². The molecule has 0 saturated heterocycles. The van der Waals surface area contributed by atoms with Gasteiger partial charge in [-0.3, -0.25) is 25.3 Å². The van der Waals surface area contributed by atoms with Gasteiger partial charge in [0.05, 0.1) is 0 Å². The van der Waals surface area contributed by atoms with E-state index in [-0.39, 0.29) is 34.7 Å². The Morgan fingerprint density at radius 1 is 0.350 bits per heavy atom. The summed E-state index contributed by atoms with van der Waals surface area (Å²) in [5.74, 6) is 0. The van der Waals surface area contributed by atoms with E-state index < -0.39 is 60.7 Å². The zero-order chi connectivity index (χ0) is 15.5. The van der Waals surface area contributed by atoms with Crippen molar-refractivity contribution in [2.24, 2.45) is 0 Å². The molecule has 0 amide bonds. The van der Waals surface area contributed by atoms with Crippen LogP contribution in [-0.2, 0) is 95.4 Å². The molecule has 6 atom stereocenters. The monoisotopic (exact) mass is 488 g/mol. The minimum absolute atomic E-state index is 0. The van der Waals surface area contributed by atoms with E-state index in [4.69, 9.17) is 52.6 Å². The van der Waals surface area contributed by atoms with E-state index in [0.29, 0.717) is 0 Å². The molecular formula is Cr2O12S6. The molecule has 0 aliphatic heterocycles. The largest absolute Gasteiger partial charge is 3.00 e. The van der Waals surface area contributed by atoms with Gasteiger partial charge in [0.25, 0.3) is 0 Å². The molecule has 0 bridgehead atoms. The van der Waals surface area contributed by atoms with Crippen LogP contribution in [0, 0.1) is 0 Å². The van der Waals surface area contributed by atoms with Crippen LogP contribution in [0.15, 0.2) is 0 Å². The molecule has 2 radical (unpaired) electrons. The zero-order valence-corrected chi connectivity index (χ0v) is 15.6. The molecule has 12 nitrogen and oxygen atoms in total. The summed E-state index contributed by atoms with van der Waals surface area (Å²) in [6.07, 6.45) is 0. The molecule has 0 aromatic rings. The maximum absolute atomic E-state index is 9.09. The van der Waals surface area contributed by atoms with Crippen molar-refractivity contribution in [1.82, 2.24) is 0 Å². The van der Waals surface area contributed by atoms with Crippen LogP contribution >= 0.6 is 0 Å². The molecule has 0 saturated carbocycles. The minimum Gasteiger partial charge on any atom is -0.763 e. The van der Waals surface area contributed by atoms with Gasteiger partial charge in [-0.2, -0.15) is 0 Å². The van der Waals surface area contributed by atoms with Crippen molar-refractivity contribution in [2.45, 2.75) is 0 Å². The smallest absolute Gasteiger partial charge is 0.763 e. The van der Waals surface area contributed by atoms with E-state index >= 15 is 0 Å². The molecule has 0 aromatic heterocycles. The Labute approximate surface area is 147 Å². The van der Waals surface area contributed by atoms with Gasteiger partial charge in [0.1, 0.15) is 0 Å². The molecule has 0 aliphatic rings. The van der Waals surface area contributed by atoms with Gasteiger partial charge in [-0.15, -0.1) is 0 Å². The SMILES string of the molecule is O=S([O-])S(=O)[O-].O=S([O-])S(=O)[O-].O=S([O-])S(=O)[O-].[Cr+3].[Cr+3]. The van der Waals surface area contributed by atoms with Crippen molar-refractivity contribution in [2.75, 3.05) is 0 Å². The van der Waals surface area contributed by atoms with Crippen LogP contribution in [0.3, 0.4) is 0 Å². The molecule has 20 heteroatoms. The molecule has 6 unspecified atom stereocenters. The van der Waals surface area contributed by atoms with E-state index in [2.05, 4.69) is 0 Å². The summed E-state index contributed by atoms with van der Waals surface area (Å²) in [5, 5.41) is 0. The Hall–Kier alpha value is 1.72. The third-order valence-corrected chi connectivity index (χ3v) is 3.00. The van der Waals surface area contributed by atoms with Crippen molar-refractivity contribution in [1.29, 1.82) is 0 Å². The third kappa shape index (κ3) is 36.7. The predicted octanol–water partition coefficient (Wildman–Crippen LogP) is -4.03. The van der Waals surface area contributed by atoms with Gasteiger partial charge >= 0.3 is 34.7 Å². The van der Waals surface area contributed by atoms with Gasteiger partial charge in [0.15, 0.2) is 0 Å². The predicted molar refractivity (Wildman–Crippen MR) is 53.5 cm³/mol. The number of rotatable bonds is 3. The average molecular weight is 488 g/mol. The molecule has 0 N–H and O–H groups in total. The molecule has 0 rings (SSSR count). The summed E-state index contributed by atoms with van der Waals surface area (Å²) in [6.45, 7) is 0. The van der Waals surface area contributed by atoms with Crippen LogP contribution in [0.25, 0.3) is 0 Å². The zero-order valence-electron chi connectivity index (χ0n) is 8.16. The second-order valence-corrected chi connectivity index (χ2v) is 8.57. The van der Waals surface area contributed by atoms with Crippen molar-refractivity contribution >= 4 is 60.7 Å². The molecule has 0 aromatic carbocycles. The van der Waals surface area contributed by atoms with Gasteiger partial charge in [0, 0.05) is 60.7 Å². The van der Waals surface area contributed by atoms with E-state index in [1.165, 1.54) is 0 Å². The van der Waals surface area contributed by atoms with Gasteiger partial charge in [-0.05, 0) is 0 Å². The molecule has 20 heavy (non-hydrogen) atoms. The Balaban J connectivity index is -0.0000000536. The summed E-state index contributed by atoms with van der Waals surface area (Å²) < 4.78 is 109. The summed E-state index contributed by atoms with van der Waals surface area (Å²) in [6, 6.07) is 0. The van der Waals surface area contributed by atoms with E-state index in [0.717, 1.165) is 0 Å². The average Bonchev–Trinajstić information content (AvgIpc) is 2.18. The molecule has 0 aliphatic carbocycles. The second-order valence-electron chi connectivity index (χ2n) is 1.22. The van der Waals surface area contributed by atoms with E-state index in [9.17, 15) is 0 Å². The van der Waals surface area contributed by atoms with Crippen LogP contribution in [0.5, 0.6) is 0 Å². The molecule has 0 heterocycles. The fourth-order valence-electron chi connectivity index (χ4n) is 0. The number of hydrogen-bond acceptors (Lipinski definition) is 12. The third-order valence-electron chi connectivity index (χ3n) is 0.333. The van der Waals surface area contributed by atoms with Crippen LogP contribution in [0.2, 0.25) is 0 Å². The Morgan fingerprint density at radius 3 is 0.400 bits per heavy atom. The van der Waals surface area contributed by atoms with Crippen LogP contribution < -0.4 is 0 Å². The maximum atomic E-state index is 9.09. The summed E-state index contributed by atoms with van der Waals surface area (Å²) in [7, 11) is -17.7. The fraction of sp³-hybridized carbons (Fsp3) is 0. The number of hydrogen-bond donors (Lipinski definition) is 0. The molecule has 120 valence electrons. The topological polar surface area (TPSA) is 241 Å². The van der Waals surface area contributed by atoms with Gasteiger partial charge in [-0.25, -0.2) is 0 Å². The first kappa shape index (κ1) is 33.4. The first-order valence-electron chi connectivity index (χ1n) is 2.50. The van der Waals surface area contributed by atoms with Gasteiger partial charge < -0.3 is 27.3 Å². The summed E-state index contributed by atoms with van der Waals surface area (Å²) >= 11 is 0. The second kappa shape index (κ2) is 20.7. The maximum Gasteiger partial charge on any atom is 3.00 e. The first-order chi connectivity index (χ1) is 7.93. The Bertz CT molecular complexity index is 281. The van der Waals surface area contributed by atoms with Crippen LogP contribution in [0.1, 0.15) is 0 Å². The van der Waals surface area contributed by atoms with Crippen molar-refractivity contribution in [3.05, 3.63) is 0 Å². The van der Waals surface area contributed by atoms with Crippen molar-refractivity contribution in [3.63, 3.8) is 0 Å². The quantitative estimate of drug-likeness (QED) is 0.272. The van der Waals surface area contributed by atoms with Gasteiger partial charge in [-0.1, -0.05) is 0 Å². The van der Waals surface area contributed by atoms with Crippen molar-refractivity contribution in [3.8, 4) is 0 Å². The van der Waals surface area contributed by atoms with Crippen LogP contribution in [0.4, 0.5) is 0 Å². The molecule has 0 fully saturated rings.